The van der Waals surface area contributed by atoms with Crippen LogP contribution in [-0.2, 0) is 20.7 Å². The van der Waals surface area contributed by atoms with Crippen molar-refractivity contribution < 1.29 is 14.3 Å². The van der Waals surface area contributed by atoms with Crippen molar-refractivity contribution in [2.45, 2.75) is 38.1 Å². The Labute approximate surface area is 176 Å². The number of piperidine rings is 1. The highest BCUT2D eigenvalue weighted by atomic mass is 35.5. The molecule has 7 heteroatoms. The third kappa shape index (κ3) is 5.49. The molecule has 0 N–H and O–H groups in total. The number of hydrogen-bond acceptors (Lipinski definition) is 4. The Morgan fingerprint density at radius 3 is 2.61 bits per heavy atom. The van der Waals surface area contributed by atoms with Crippen LogP contribution in [0.3, 0.4) is 0 Å². The summed E-state index contributed by atoms with van der Waals surface area (Å²) in [5, 5.41) is 0.947. The second-order valence-electron chi connectivity index (χ2n) is 7.45. The first-order valence-electron chi connectivity index (χ1n) is 9.69. The zero-order chi connectivity index (χ0) is 20.1. The van der Waals surface area contributed by atoms with Crippen molar-refractivity contribution in [3.63, 3.8) is 0 Å². The van der Waals surface area contributed by atoms with Gasteiger partial charge in [-0.3, -0.25) is 4.79 Å². The van der Waals surface area contributed by atoms with E-state index in [1.165, 1.54) is 20.0 Å². The Hall–Kier alpha value is -1.56. The molecule has 2 saturated heterocycles. The van der Waals surface area contributed by atoms with Crippen molar-refractivity contribution in [1.82, 2.24) is 9.80 Å². The molecule has 2 heterocycles. The van der Waals surface area contributed by atoms with Crippen molar-refractivity contribution in [2.24, 2.45) is 0 Å². The van der Waals surface area contributed by atoms with Crippen molar-refractivity contribution >= 4 is 35.1 Å². The summed E-state index contributed by atoms with van der Waals surface area (Å²) in [4.78, 5) is 29.1. The monoisotopic (exact) mass is 424 g/mol. The minimum absolute atomic E-state index is 0.0676. The van der Waals surface area contributed by atoms with Crippen molar-refractivity contribution in [2.75, 3.05) is 33.3 Å². The summed E-state index contributed by atoms with van der Waals surface area (Å²) in [6.45, 7) is 3.59. The van der Waals surface area contributed by atoms with Crippen LogP contribution >= 0.6 is 23.2 Å². The summed E-state index contributed by atoms with van der Waals surface area (Å²) in [6, 6.07) is 5.39. The molecule has 1 aromatic carbocycles. The molecular formula is C21H26Cl2N2O3. The van der Waals surface area contributed by atoms with Gasteiger partial charge in [-0.2, -0.15) is 0 Å². The molecule has 2 aliphatic rings. The Morgan fingerprint density at radius 1 is 1.18 bits per heavy atom. The smallest absolute Gasteiger partial charge is 0.330 e. The molecule has 3 rings (SSSR count). The van der Waals surface area contributed by atoms with Gasteiger partial charge in [0.25, 0.3) is 0 Å². The van der Waals surface area contributed by atoms with Crippen molar-refractivity contribution in [3.05, 3.63) is 45.5 Å². The first kappa shape index (κ1) is 21.2. The number of esters is 1. The number of carbonyl (C=O) groups excluding carboxylic acids is 2. The molecule has 1 amide bonds. The largest absolute Gasteiger partial charge is 0.466 e. The molecule has 0 aliphatic carbocycles. The molecule has 2 fully saturated rings. The van der Waals surface area contributed by atoms with Gasteiger partial charge in [0.15, 0.2) is 0 Å². The van der Waals surface area contributed by atoms with E-state index >= 15 is 0 Å². The predicted molar refractivity (Wildman–Crippen MR) is 111 cm³/mol. The maximum Gasteiger partial charge on any atom is 0.330 e. The fourth-order valence-electron chi connectivity index (χ4n) is 4.00. The third-order valence-electron chi connectivity index (χ3n) is 5.46. The van der Waals surface area contributed by atoms with E-state index in [4.69, 9.17) is 27.9 Å². The number of halogens is 2. The average molecular weight is 425 g/mol. The van der Waals surface area contributed by atoms with Gasteiger partial charge in [0.2, 0.25) is 5.91 Å². The van der Waals surface area contributed by atoms with Crippen LogP contribution < -0.4 is 0 Å². The predicted octanol–water partition coefficient (Wildman–Crippen LogP) is 3.72. The number of methoxy groups -OCH3 is 1. The van der Waals surface area contributed by atoms with Crippen LogP contribution in [0.2, 0.25) is 10.0 Å². The van der Waals surface area contributed by atoms with Crippen molar-refractivity contribution in [1.29, 1.82) is 0 Å². The lowest BCUT2D eigenvalue weighted by molar-refractivity contribution is -0.134. The SMILES string of the molecule is COC(=O)C=C1CCN(C(=O)Cc2ccc(Cl)c(Cl)c2)C(CN2CCCC2)C1. The van der Waals surface area contributed by atoms with Crippen LogP contribution in [0.1, 0.15) is 31.2 Å². The quantitative estimate of drug-likeness (QED) is 0.533. The van der Waals surface area contributed by atoms with Gasteiger partial charge in [-0.1, -0.05) is 34.8 Å². The fraction of sp³-hybridized carbons (Fsp3) is 0.524. The highest BCUT2D eigenvalue weighted by Crippen LogP contribution is 2.27. The van der Waals surface area contributed by atoms with E-state index in [9.17, 15) is 9.59 Å². The number of rotatable bonds is 5. The Morgan fingerprint density at radius 2 is 1.93 bits per heavy atom. The summed E-state index contributed by atoms with van der Waals surface area (Å²) in [6.07, 6.45) is 5.68. The molecule has 0 aromatic heterocycles. The molecular weight excluding hydrogens is 399 g/mol. The zero-order valence-corrected chi connectivity index (χ0v) is 17.6. The number of amides is 1. The minimum atomic E-state index is -0.328. The standard InChI is InChI=1S/C21H26Cl2N2O3/c1-28-21(27)13-16-6-9-25(17(10-16)14-24-7-2-3-8-24)20(26)12-15-4-5-18(22)19(23)11-15/h4-5,11,13,17H,2-3,6-10,12,14H2,1H3. The first-order chi connectivity index (χ1) is 13.5. The summed E-state index contributed by atoms with van der Waals surface area (Å²) < 4.78 is 4.77. The summed E-state index contributed by atoms with van der Waals surface area (Å²) in [5.74, 6) is -0.245. The molecule has 0 spiro atoms. The summed E-state index contributed by atoms with van der Waals surface area (Å²) in [7, 11) is 1.39. The number of carbonyl (C=O) groups is 2. The molecule has 0 saturated carbocycles. The zero-order valence-electron chi connectivity index (χ0n) is 16.1. The molecule has 0 bridgehead atoms. The summed E-state index contributed by atoms with van der Waals surface area (Å²) >= 11 is 12.1. The molecule has 28 heavy (non-hydrogen) atoms. The van der Waals surface area contributed by atoms with E-state index in [0.717, 1.165) is 30.8 Å². The van der Waals surface area contributed by atoms with Gasteiger partial charge < -0.3 is 14.5 Å². The number of likely N-dealkylation sites (tertiary alicyclic amines) is 2. The third-order valence-corrected chi connectivity index (χ3v) is 6.20. The maximum absolute atomic E-state index is 13.1. The lowest BCUT2D eigenvalue weighted by atomic mass is 9.94. The second kappa shape index (κ2) is 9.77. The molecule has 5 nitrogen and oxygen atoms in total. The van der Waals surface area contributed by atoms with Gasteiger partial charge in [0, 0.05) is 25.2 Å². The first-order valence-corrected chi connectivity index (χ1v) is 10.4. The lowest BCUT2D eigenvalue weighted by Gasteiger charge is -2.39. The highest BCUT2D eigenvalue weighted by molar-refractivity contribution is 6.42. The summed E-state index contributed by atoms with van der Waals surface area (Å²) in [5.41, 5.74) is 1.91. The van der Waals surface area contributed by atoms with Gasteiger partial charge in [0.1, 0.15) is 0 Å². The Kier molecular flexibility index (Phi) is 7.38. The highest BCUT2D eigenvalue weighted by Gasteiger charge is 2.31. The average Bonchev–Trinajstić information content (AvgIpc) is 3.18. The van der Waals surface area contributed by atoms with Gasteiger partial charge in [-0.15, -0.1) is 0 Å². The van der Waals surface area contributed by atoms with E-state index in [1.807, 2.05) is 11.0 Å². The molecule has 2 aliphatic heterocycles. The van der Waals surface area contributed by atoms with Crippen LogP contribution in [0.25, 0.3) is 0 Å². The topological polar surface area (TPSA) is 49.9 Å². The molecule has 0 radical (unpaired) electrons. The maximum atomic E-state index is 13.1. The normalized spacial score (nSPS) is 21.9. The Bertz CT molecular complexity index is 760. The molecule has 1 unspecified atom stereocenters. The van der Waals surface area contributed by atoms with Crippen LogP contribution in [0.5, 0.6) is 0 Å². The van der Waals surface area contributed by atoms with Crippen LogP contribution in [0.4, 0.5) is 0 Å². The number of ether oxygens (including phenoxy) is 1. The van der Waals surface area contributed by atoms with E-state index in [-0.39, 0.29) is 17.9 Å². The number of benzene rings is 1. The van der Waals surface area contributed by atoms with Gasteiger partial charge in [0.05, 0.1) is 23.6 Å². The van der Waals surface area contributed by atoms with E-state index in [2.05, 4.69) is 4.90 Å². The number of hydrogen-bond donors (Lipinski definition) is 0. The van der Waals surface area contributed by atoms with Crippen LogP contribution in [-0.4, -0.2) is 61.0 Å². The Balaban J connectivity index is 1.72. The van der Waals surface area contributed by atoms with Gasteiger partial charge >= 0.3 is 5.97 Å². The number of nitrogens with zero attached hydrogens (tertiary/aromatic N) is 2. The second-order valence-corrected chi connectivity index (χ2v) is 8.27. The molecule has 1 atom stereocenters. The molecule has 152 valence electrons. The van der Waals surface area contributed by atoms with E-state index in [0.29, 0.717) is 35.9 Å². The fourth-order valence-corrected chi connectivity index (χ4v) is 4.32. The minimum Gasteiger partial charge on any atom is -0.466 e. The van der Waals surface area contributed by atoms with Gasteiger partial charge in [-0.25, -0.2) is 4.79 Å². The van der Waals surface area contributed by atoms with Crippen LogP contribution in [0, 0.1) is 0 Å². The molecule has 1 aromatic rings. The lowest BCUT2D eigenvalue weighted by Crippen LogP contribution is -2.50. The van der Waals surface area contributed by atoms with E-state index < -0.39 is 0 Å². The van der Waals surface area contributed by atoms with Crippen LogP contribution in [0.15, 0.2) is 29.8 Å². The van der Waals surface area contributed by atoms with Crippen molar-refractivity contribution in [3.8, 4) is 0 Å². The van der Waals surface area contributed by atoms with E-state index in [1.54, 1.807) is 18.2 Å². The van der Waals surface area contributed by atoms with Gasteiger partial charge in [-0.05, 0) is 56.5 Å².